The number of rotatable bonds is 2. The Morgan fingerprint density at radius 1 is 1.37 bits per heavy atom. The molecule has 1 amide bonds. The molecule has 104 valence electrons. The lowest BCUT2D eigenvalue weighted by Gasteiger charge is -2.32. The van der Waals surface area contributed by atoms with Gasteiger partial charge in [-0.15, -0.1) is 0 Å². The van der Waals surface area contributed by atoms with Gasteiger partial charge in [0.15, 0.2) is 0 Å². The molecule has 0 aromatic heterocycles. The fourth-order valence-electron chi connectivity index (χ4n) is 1.95. The highest BCUT2D eigenvalue weighted by Crippen LogP contribution is 2.18. The highest BCUT2D eigenvalue weighted by atomic mass is 19.1. The summed E-state index contributed by atoms with van der Waals surface area (Å²) in [6.07, 6.45) is -0.357. The zero-order chi connectivity index (χ0) is 14.0. The monoisotopic (exact) mass is 274 g/mol. The van der Waals surface area contributed by atoms with Gasteiger partial charge in [-0.25, -0.2) is 13.2 Å². The third-order valence-corrected chi connectivity index (χ3v) is 2.91. The number of carbonyl (C=O) groups excluding carboxylic acids is 1. The Kier molecular flexibility index (Phi) is 4.06. The zero-order valence-corrected chi connectivity index (χ0v) is 10.0. The average molecular weight is 274 g/mol. The molecule has 1 aliphatic rings. The molecule has 0 bridgehead atoms. The summed E-state index contributed by atoms with van der Waals surface area (Å²) in [5, 5.41) is 0. The molecule has 1 atom stereocenters. The molecule has 0 saturated carbocycles. The number of hydrogen-bond donors (Lipinski definition) is 1. The normalized spacial score (nSPS) is 19.6. The molecule has 19 heavy (non-hydrogen) atoms. The molecule has 0 unspecified atom stereocenters. The summed E-state index contributed by atoms with van der Waals surface area (Å²) in [6.45, 7) is 0.827. The van der Waals surface area contributed by atoms with Crippen molar-refractivity contribution in [3.63, 3.8) is 0 Å². The van der Waals surface area contributed by atoms with Crippen molar-refractivity contribution >= 4 is 5.91 Å². The first-order chi connectivity index (χ1) is 9.02. The summed E-state index contributed by atoms with van der Waals surface area (Å²) in [6, 6.07) is 0.967. The Morgan fingerprint density at radius 3 is 2.58 bits per heavy atom. The van der Waals surface area contributed by atoms with E-state index in [0.717, 1.165) is 0 Å². The van der Waals surface area contributed by atoms with Gasteiger partial charge in [-0.3, -0.25) is 4.79 Å². The molecular formula is C12H13F3N2O2. The lowest BCUT2D eigenvalue weighted by Crippen LogP contribution is -2.48. The van der Waals surface area contributed by atoms with Gasteiger partial charge in [0.05, 0.1) is 12.7 Å². The Morgan fingerprint density at radius 2 is 2.00 bits per heavy atom. The van der Waals surface area contributed by atoms with Gasteiger partial charge in [-0.2, -0.15) is 0 Å². The molecule has 0 aliphatic carbocycles. The van der Waals surface area contributed by atoms with Gasteiger partial charge >= 0.3 is 0 Å². The summed E-state index contributed by atoms with van der Waals surface area (Å²) >= 11 is 0. The summed E-state index contributed by atoms with van der Waals surface area (Å²) in [4.78, 5) is 13.3. The number of carbonyl (C=O) groups is 1. The van der Waals surface area contributed by atoms with Crippen LogP contribution >= 0.6 is 0 Å². The maximum absolute atomic E-state index is 13.5. The second kappa shape index (κ2) is 5.58. The molecule has 7 heteroatoms. The maximum Gasteiger partial charge on any atom is 0.260 e. The Balaban J connectivity index is 2.24. The van der Waals surface area contributed by atoms with Crippen molar-refractivity contribution in [1.82, 2.24) is 4.90 Å². The molecule has 1 saturated heterocycles. The van der Waals surface area contributed by atoms with Crippen molar-refractivity contribution in [2.75, 3.05) is 26.2 Å². The topological polar surface area (TPSA) is 55.6 Å². The van der Waals surface area contributed by atoms with Crippen molar-refractivity contribution in [3.05, 3.63) is 35.1 Å². The van der Waals surface area contributed by atoms with Gasteiger partial charge in [0.25, 0.3) is 5.91 Å². The number of morpholine rings is 1. The fraction of sp³-hybridized carbons (Fsp3) is 0.417. The first-order valence-electron chi connectivity index (χ1n) is 5.78. The summed E-state index contributed by atoms with van der Waals surface area (Å²) in [5.41, 5.74) is 4.67. The Bertz CT molecular complexity index is 473. The highest BCUT2D eigenvalue weighted by Gasteiger charge is 2.28. The van der Waals surface area contributed by atoms with E-state index in [4.69, 9.17) is 10.5 Å². The molecule has 4 nitrogen and oxygen atoms in total. The van der Waals surface area contributed by atoms with Crippen LogP contribution in [0.1, 0.15) is 10.4 Å². The highest BCUT2D eigenvalue weighted by molar-refractivity contribution is 5.94. The van der Waals surface area contributed by atoms with Gasteiger partial charge in [-0.05, 0) is 0 Å². The van der Waals surface area contributed by atoms with E-state index in [0.29, 0.717) is 12.1 Å². The van der Waals surface area contributed by atoms with E-state index in [-0.39, 0.29) is 32.3 Å². The lowest BCUT2D eigenvalue weighted by atomic mass is 10.1. The van der Waals surface area contributed by atoms with Crippen LogP contribution in [0.4, 0.5) is 13.2 Å². The minimum Gasteiger partial charge on any atom is -0.373 e. The van der Waals surface area contributed by atoms with Gasteiger partial charge in [-0.1, -0.05) is 0 Å². The minimum atomic E-state index is -1.21. The smallest absolute Gasteiger partial charge is 0.260 e. The third kappa shape index (κ3) is 2.87. The fourth-order valence-corrected chi connectivity index (χ4v) is 1.95. The van der Waals surface area contributed by atoms with Crippen molar-refractivity contribution in [3.8, 4) is 0 Å². The molecule has 1 aromatic rings. The third-order valence-electron chi connectivity index (χ3n) is 2.91. The van der Waals surface area contributed by atoms with Crippen LogP contribution in [0.25, 0.3) is 0 Å². The molecule has 1 fully saturated rings. The number of ether oxygens (including phenoxy) is 1. The Labute approximate surface area is 107 Å². The molecule has 1 aliphatic heterocycles. The minimum absolute atomic E-state index is 0.158. The average Bonchev–Trinajstić information content (AvgIpc) is 2.37. The van der Waals surface area contributed by atoms with Gasteiger partial charge < -0.3 is 15.4 Å². The van der Waals surface area contributed by atoms with E-state index in [1.807, 2.05) is 0 Å². The van der Waals surface area contributed by atoms with Crippen LogP contribution in [0.3, 0.4) is 0 Å². The van der Waals surface area contributed by atoms with Crippen LogP contribution in [0.5, 0.6) is 0 Å². The molecule has 1 aromatic carbocycles. The lowest BCUT2D eigenvalue weighted by molar-refractivity contribution is -0.0170. The largest absolute Gasteiger partial charge is 0.373 e. The van der Waals surface area contributed by atoms with Gasteiger partial charge in [0.2, 0.25) is 0 Å². The Hall–Kier alpha value is -1.60. The van der Waals surface area contributed by atoms with Crippen LogP contribution < -0.4 is 5.73 Å². The summed E-state index contributed by atoms with van der Waals surface area (Å²) in [7, 11) is 0. The molecule has 2 rings (SSSR count). The number of nitrogens with two attached hydrogens (primary N) is 1. The van der Waals surface area contributed by atoms with Crippen molar-refractivity contribution < 1.29 is 22.7 Å². The number of amides is 1. The number of benzene rings is 1. The standard InChI is InChI=1S/C12H13F3N2O2/c13-7-3-9(14)11(10(15)4-7)12(18)17-1-2-19-8(5-16)6-17/h3-4,8H,1-2,5-6,16H2/t8-/m0/s1. The predicted octanol–water partition coefficient (Wildman–Crippen LogP) is 0.904. The molecule has 1 heterocycles. The van der Waals surface area contributed by atoms with Gasteiger partial charge in [0, 0.05) is 31.8 Å². The predicted molar refractivity (Wildman–Crippen MR) is 61.0 cm³/mol. The summed E-state index contributed by atoms with van der Waals surface area (Å²) < 4.78 is 45.1. The van der Waals surface area contributed by atoms with E-state index in [1.165, 1.54) is 4.90 Å². The van der Waals surface area contributed by atoms with Crippen LogP contribution in [-0.2, 0) is 4.74 Å². The molecular weight excluding hydrogens is 261 g/mol. The van der Waals surface area contributed by atoms with E-state index in [1.54, 1.807) is 0 Å². The van der Waals surface area contributed by atoms with Crippen LogP contribution in [0, 0.1) is 17.5 Å². The first kappa shape index (κ1) is 13.8. The van der Waals surface area contributed by atoms with Crippen LogP contribution in [0.2, 0.25) is 0 Å². The van der Waals surface area contributed by atoms with E-state index in [2.05, 4.69) is 0 Å². The van der Waals surface area contributed by atoms with E-state index < -0.39 is 28.9 Å². The van der Waals surface area contributed by atoms with E-state index >= 15 is 0 Å². The summed E-state index contributed by atoms with van der Waals surface area (Å²) in [5.74, 6) is -4.30. The number of hydrogen-bond acceptors (Lipinski definition) is 3. The van der Waals surface area contributed by atoms with Crippen LogP contribution in [-0.4, -0.2) is 43.2 Å². The van der Waals surface area contributed by atoms with Crippen LogP contribution in [0.15, 0.2) is 12.1 Å². The van der Waals surface area contributed by atoms with Crippen molar-refractivity contribution in [1.29, 1.82) is 0 Å². The molecule has 0 spiro atoms. The van der Waals surface area contributed by atoms with E-state index in [9.17, 15) is 18.0 Å². The van der Waals surface area contributed by atoms with Crippen molar-refractivity contribution in [2.45, 2.75) is 6.10 Å². The zero-order valence-electron chi connectivity index (χ0n) is 10.0. The second-order valence-corrected chi connectivity index (χ2v) is 4.22. The number of nitrogens with zero attached hydrogens (tertiary/aromatic N) is 1. The quantitative estimate of drug-likeness (QED) is 0.872. The maximum atomic E-state index is 13.5. The number of halogens is 3. The second-order valence-electron chi connectivity index (χ2n) is 4.22. The molecule has 0 radical (unpaired) electrons. The first-order valence-corrected chi connectivity index (χ1v) is 5.78. The van der Waals surface area contributed by atoms with Crippen molar-refractivity contribution in [2.24, 2.45) is 5.73 Å². The van der Waals surface area contributed by atoms with Gasteiger partial charge in [0.1, 0.15) is 23.0 Å². The SMILES string of the molecule is NC[C@H]1CN(C(=O)c2c(F)cc(F)cc2F)CCO1. The molecule has 2 N–H and O–H groups in total.